The molecule has 0 unspecified atom stereocenters. The molecular weight excluding hydrogens is 191 g/mol. The van der Waals surface area contributed by atoms with Gasteiger partial charge >= 0.3 is 29.6 Å². The van der Waals surface area contributed by atoms with Crippen LogP contribution in [0, 0.1) is 0 Å². The van der Waals surface area contributed by atoms with E-state index in [-0.39, 0.29) is 36.7 Å². The normalized spacial score (nSPS) is 9.33. The molecule has 5 nitrogen and oxygen atoms in total. The van der Waals surface area contributed by atoms with Crippen molar-refractivity contribution in [2.75, 3.05) is 18.8 Å². The van der Waals surface area contributed by atoms with Crippen molar-refractivity contribution in [2.45, 2.75) is 13.3 Å². The topological polar surface area (TPSA) is 106 Å². The van der Waals surface area contributed by atoms with E-state index in [1.54, 1.807) is 6.92 Å². The third kappa shape index (κ3) is 30.8. The van der Waals surface area contributed by atoms with Gasteiger partial charge in [0.15, 0.2) is 0 Å². The molecule has 0 heterocycles. The second kappa shape index (κ2) is 11.8. The van der Waals surface area contributed by atoms with Crippen molar-refractivity contribution in [3.8, 4) is 0 Å². The van der Waals surface area contributed by atoms with Crippen molar-refractivity contribution in [2.24, 2.45) is 11.5 Å². The molecule has 0 aromatic heterocycles. The molecule has 0 saturated heterocycles. The molecule has 0 aliphatic rings. The van der Waals surface area contributed by atoms with Gasteiger partial charge in [0.2, 0.25) is 0 Å². The first-order valence-electron chi connectivity index (χ1n) is 3.33. The van der Waals surface area contributed by atoms with E-state index in [2.05, 4.69) is 0 Å². The monoisotopic (exact) mass is 208 g/mol. The van der Waals surface area contributed by atoms with Crippen molar-refractivity contribution in [1.82, 2.24) is 0 Å². The molecule has 0 amide bonds. The van der Waals surface area contributed by atoms with Crippen LogP contribution in [-0.4, -0.2) is 31.8 Å². The Balaban J connectivity index is -0.0000000600. The zero-order chi connectivity index (χ0) is 9.33. The molecule has 0 rings (SSSR count). The van der Waals surface area contributed by atoms with E-state index in [4.69, 9.17) is 16.0 Å². The predicted octanol–water partition coefficient (Wildman–Crippen LogP) is -3.70. The summed E-state index contributed by atoms with van der Waals surface area (Å²) in [6.07, 6.45) is 0.471. The zero-order valence-corrected chi connectivity index (χ0v) is 10.5. The van der Waals surface area contributed by atoms with Gasteiger partial charge < -0.3 is 12.9 Å². The van der Waals surface area contributed by atoms with E-state index in [1.165, 1.54) is 0 Å². The van der Waals surface area contributed by atoms with Crippen LogP contribution in [0.25, 0.3) is 0 Å². The van der Waals surface area contributed by atoms with Crippen LogP contribution in [0.2, 0.25) is 0 Å². The number of hydrogen-bond donors (Lipinski definition) is 3. The van der Waals surface area contributed by atoms with E-state index in [1.807, 2.05) is 0 Å². The third-order valence-electron chi connectivity index (χ3n) is 0.629. The van der Waals surface area contributed by atoms with Gasteiger partial charge in [-0.3, -0.25) is 4.55 Å². The van der Waals surface area contributed by atoms with Gasteiger partial charge in [0.05, 0.1) is 5.75 Å². The van der Waals surface area contributed by atoms with Crippen LogP contribution in [0.4, 0.5) is 0 Å². The first-order chi connectivity index (χ1) is 4.97. The van der Waals surface area contributed by atoms with Gasteiger partial charge in [-0.2, -0.15) is 8.42 Å². The van der Waals surface area contributed by atoms with Gasteiger partial charge in [0.1, 0.15) is 0 Å². The molecule has 0 saturated carbocycles. The molecule has 0 aromatic carbocycles. The van der Waals surface area contributed by atoms with Crippen LogP contribution in [0.15, 0.2) is 0 Å². The summed E-state index contributed by atoms with van der Waals surface area (Å²) in [5, 5.41) is 0. The molecule has 0 atom stereocenters. The fourth-order valence-corrected chi connectivity index (χ4v) is 0.774. The van der Waals surface area contributed by atoms with E-state index in [0.717, 1.165) is 0 Å². The summed E-state index contributed by atoms with van der Waals surface area (Å²) in [6, 6.07) is 0. The molecule has 0 aromatic rings. The van der Waals surface area contributed by atoms with E-state index >= 15 is 0 Å². The van der Waals surface area contributed by atoms with Gasteiger partial charge in [0.25, 0.3) is 10.1 Å². The summed E-state index contributed by atoms with van der Waals surface area (Å²) >= 11 is 0. The summed E-state index contributed by atoms with van der Waals surface area (Å²) in [6.45, 7) is 2.88. The molecule has 12 heavy (non-hydrogen) atoms. The Morgan fingerprint density at radius 3 is 1.67 bits per heavy atom. The average Bonchev–Trinajstić information content (AvgIpc) is 1.86. The Labute approximate surface area is 97.4 Å². The minimum atomic E-state index is -3.67. The second-order valence-corrected chi connectivity index (χ2v) is 3.44. The largest absolute Gasteiger partial charge is 1.00 e. The van der Waals surface area contributed by atoms with Crippen molar-refractivity contribution < 1.29 is 44.0 Å². The van der Waals surface area contributed by atoms with Crippen LogP contribution in [0.1, 0.15) is 14.8 Å². The molecule has 72 valence electrons. The Hall–Kier alpha value is 0.830. The summed E-state index contributed by atoms with van der Waals surface area (Å²) in [5.41, 5.74) is 9.81. The second-order valence-electron chi connectivity index (χ2n) is 1.86. The zero-order valence-electron chi connectivity index (χ0n) is 8.66. The minimum absolute atomic E-state index is 0. The Bertz CT molecular complexity index is 163. The summed E-state index contributed by atoms with van der Waals surface area (Å²) in [7, 11) is -3.67. The van der Waals surface area contributed by atoms with Crippen LogP contribution in [-0.2, 0) is 10.1 Å². The molecule has 0 aliphatic heterocycles. The maximum absolute atomic E-state index is 9.79. The van der Waals surface area contributed by atoms with Gasteiger partial charge in [-0.15, -0.1) is 0 Å². The molecule has 0 spiro atoms. The van der Waals surface area contributed by atoms with Gasteiger partial charge in [0, 0.05) is 13.1 Å². The van der Waals surface area contributed by atoms with Crippen molar-refractivity contribution in [1.29, 1.82) is 0 Å². The number of nitrogens with two attached hydrogens (primary N) is 2. The average molecular weight is 208 g/mol. The third-order valence-corrected chi connectivity index (χ3v) is 1.55. The van der Waals surface area contributed by atoms with Crippen molar-refractivity contribution >= 4 is 10.1 Å². The summed E-state index contributed by atoms with van der Waals surface area (Å²) in [5.74, 6) is -0.132. The van der Waals surface area contributed by atoms with Crippen molar-refractivity contribution in [3.63, 3.8) is 0 Å². The van der Waals surface area contributed by atoms with Crippen LogP contribution in [0.5, 0.6) is 0 Å². The van der Waals surface area contributed by atoms with E-state index < -0.39 is 10.1 Å². The molecule has 5 N–H and O–H groups in total. The first kappa shape index (κ1) is 18.6. The molecule has 0 aliphatic carbocycles. The molecule has 7 heteroatoms. The standard InChI is InChI=1S/C3H8O3S.C2H8N2.Na.H/c1-2-3-7(4,5)6;3-1-2-4;;/h2-3H2,1H3,(H,4,5,6);1-4H2;;/q;;+1;-1. The van der Waals surface area contributed by atoms with Crippen molar-refractivity contribution in [3.05, 3.63) is 0 Å². The molecule has 0 fully saturated rings. The Kier molecular flexibility index (Phi) is 18.3. The molecular formula is C5H17N2NaO3S. The van der Waals surface area contributed by atoms with E-state index in [0.29, 0.717) is 19.5 Å². The minimum Gasteiger partial charge on any atom is -1.00 e. The fourth-order valence-electron chi connectivity index (χ4n) is 0.258. The predicted molar refractivity (Wildman–Crippen MR) is 45.9 cm³/mol. The number of hydrogen-bond acceptors (Lipinski definition) is 4. The van der Waals surface area contributed by atoms with E-state index in [9.17, 15) is 8.42 Å². The Morgan fingerprint density at radius 1 is 1.33 bits per heavy atom. The maximum Gasteiger partial charge on any atom is 1.00 e. The molecule has 0 bridgehead atoms. The fraction of sp³-hybridized carbons (Fsp3) is 1.00. The summed E-state index contributed by atoms with van der Waals surface area (Å²) in [4.78, 5) is 0. The van der Waals surface area contributed by atoms with Crippen LogP contribution < -0.4 is 41.0 Å². The first-order valence-corrected chi connectivity index (χ1v) is 4.94. The van der Waals surface area contributed by atoms with Gasteiger partial charge in [-0.05, 0) is 6.42 Å². The SMILES string of the molecule is CCCS(=O)(=O)O.NCCN.[H-].[Na+]. The van der Waals surface area contributed by atoms with Crippen LogP contribution in [0.3, 0.4) is 0 Å². The Morgan fingerprint density at radius 2 is 1.67 bits per heavy atom. The smallest absolute Gasteiger partial charge is 1.00 e. The van der Waals surface area contributed by atoms with Gasteiger partial charge in [-0.1, -0.05) is 6.92 Å². The van der Waals surface area contributed by atoms with Crippen LogP contribution >= 0.6 is 0 Å². The quantitative estimate of drug-likeness (QED) is 0.327. The summed E-state index contributed by atoms with van der Waals surface area (Å²) < 4.78 is 27.6. The number of rotatable bonds is 3. The maximum atomic E-state index is 9.79. The molecule has 0 radical (unpaired) electrons. The van der Waals surface area contributed by atoms with Gasteiger partial charge in [-0.25, -0.2) is 0 Å².